The third kappa shape index (κ3) is 4.93. The van der Waals surface area contributed by atoms with Crippen molar-refractivity contribution in [3.8, 4) is 0 Å². The van der Waals surface area contributed by atoms with E-state index in [4.69, 9.17) is 5.84 Å². The minimum Gasteiger partial charge on any atom is -0.350 e. The van der Waals surface area contributed by atoms with Gasteiger partial charge in [0.15, 0.2) is 0 Å². The predicted molar refractivity (Wildman–Crippen MR) is 75.6 cm³/mol. The summed E-state index contributed by atoms with van der Waals surface area (Å²) in [5.74, 6) is 5.04. The van der Waals surface area contributed by atoms with Crippen LogP contribution in [0.15, 0.2) is 18.2 Å². The first-order valence-corrected chi connectivity index (χ1v) is 6.64. The fourth-order valence-electron chi connectivity index (χ4n) is 2.10. The number of nitrogens with one attached hydrogen (secondary N) is 2. The van der Waals surface area contributed by atoms with Gasteiger partial charge < -0.3 is 10.7 Å². The number of hydrazine groups is 1. The average molecular weight is 303 g/mol. The maximum atomic E-state index is 12.7. The van der Waals surface area contributed by atoms with Gasteiger partial charge in [0.05, 0.1) is 16.8 Å². The van der Waals surface area contributed by atoms with Crippen LogP contribution in [0.4, 0.5) is 18.9 Å². The Labute approximate surface area is 121 Å². The molecule has 21 heavy (non-hydrogen) atoms. The van der Waals surface area contributed by atoms with Crippen LogP contribution in [0.25, 0.3) is 0 Å². The fourth-order valence-corrected chi connectivity index (χ4v) is 2.10. The lowest BCUT2D eigenvalue weighted by Crippen LogP contribution is -2.34. The number of carbonyl (C=O) groups excluding carboxylic acids is 1. The van der Waals surface area contributed by atoms with Crippen molar-refractivity contribution in [3.05, 3.63) is 29.3 Å². The van der Waals surface area contributed by atoms with Gasteiger partial charge in [0.2, 0.25) is 0 Å². The van der Waals surface area contributed by atoms with E-state index in [-0.39, 0.29) is 17.3 Å². The Hall–Kier alpha value is -1.76. The van der Waals surface area contributed by atoms with E-state index in [0.717, 1.165) is 24.6 Å². The van der Waals surface area contributed by atoms with E-state index in [1.54, 1.807) is 6.92 Å². The van der Waals surface area contributed by atoms with E-state index in [1.807, 2.05) is 13.8 Å². The Balaban J connectivity index is 3.01. The molecule has 0 aliphatic carbocycles. The Morgan fingerprint density at radius 3 is 2.38 bits per heavy atom. The van der Waals surface area contributed by atoms with Gasteiger partial charge in [0, 0.05) is 6.04 Å². The monoisotopic (exact) mass is 303 g/mol. The minimum absolute atomic E-state index is 0.122. The molecule has 1 amide bonds. The van der Waals surface area contributed by atoms with Crippen LogP contribution in [0.3, 0.4) is 0 Å². The largest absolute Gasteiger partial charge is 0.416 e. The molecule has 118 valence electrons. The minimum atomic E-state index is -4.51. The summed E-state index contributed by atoms with van der Waals surface area (Å²) in [6.45, 7) is 5.81. The van der Waals surface area contributed by atoms with Gasteiger partial charge in [-0.15, -0.1) is 0 Å². The molecule has 0 spiro atoms. The molecule has 0 fully saturated rings. The molecule has 7 heteroatoms. The lowest BCUT2D eigenvalue weighted by molar-refractivity contribution is -0.137. The second-order valence-corrected chi connectivity index (χ2v) is 5.41. The van der Waals surface area contributed by atoms with E-state index in [9.17, 15) is 18.0 Å². The molecule has 1 aromatic carbocycles. The van der Waals surface area contributed by atoms with Crippen molar-refractivity contribution >= 4 is 11.6 Å². The number of anilines is 1. The van der Waals surface area contributed by atoms with Crippen molar-refractivity contribution in [2.45, 2.75) is 39.4 Å². The average Bonchev–Trinajstić information content (AvgIpc) is 2.35. The van der Waals surface area contributed by atoms with Gasteiger partial charge in [-0.2, -0.15) is 13.2 Å². The number of benzene rings is 1. The second kappa shape index (κ2) is 6.80. The molecule has 0 aliphatic heterocycles. The van der Waals surface area contributed by atoms with Crippen molar-refractivity contribution < 1.29 is 18.0 Å². The number of hydrogen-bond donors (Lipinski definition) is 3. The smallest absolute Gasteiger partial charge is 0.350 e. The standard InChI is InChI=1S/C14H20F3N3O/c1-8(2)6-9(3)19-13(21)11-7-10(14(15,16)17)4-5-12(11)20-18/h4-5,7-9,20H,6,18H2,1-3H3,(H,19,21). The van der Waals surface area contributed by atoms with E-state index in [0.29, 0.717) is 5.92 Å². The summed E-state index contributed by atoms with van der Waals surface area (Å²) in [5, 5.41) is 2.68. The van der Waals surface area contributed by atoms with Gasteiger partial charge in [-0.25, -0.2) is 0 Å². The van der Waals surface area contributed by atoms with Crippen LogP contribution in [-0.2, 0) is 6.18 Å². The van der Waals surface area contributed by atoms with Crippen LogP contribution < -0.4 is 16.6 Å². The van der Waals surface area contributed by atoms with Gasteiger partial charge in [-0.1, -0.05) is 13.8 Å². The molecule has 0 saturated heterocycles. The highest BCUT2D eigenvalue weighted by atomic mass is 19.4. The first kappa shape index (κ1) is 17.3. The normalized spacial score (nSPS) is 13.1. The number of hydrogen-bond acceptors (Lipinski definition) is 3. The van der Waals surface area contributed by atoms with Crippen molar-refractivity contribution in [3.63, 3.8) is 0 Å². The molecule has 0 radical (unpaired) electrons. The summed E-state index contributed by atoms with van der Waals surface area (Å²) >= 11 is 0. The molecule has 4 nitrogen and oxygen atoms in total. The molecular formula is C14H20F3N3O. The highest BCUT2D eigenvalue weighted by molar-refractivity contribution is 5.99. The number of carbonyl (C=O) groups is 1. The number of halogens is 3. The molecule has 0 heterocycles. The van der Waals surface area contributed by atoms with E-state index in [2.05, 4.69) is 10.7 Å². The molecule has 4 N–H and O–H groups in total. The Bertz CT molecular complexity index is 501. The molecule has 1 aromatic rings. The third-order valence-corrected chi connectivity index (χ3v) is 2.95. The topological polar surface area (TPSA) is 67.2 Å². The zero-order valence-corrected chi connectivity index (χ0v) is 12.2. The Morgan fingerprint density at radius 1 is 1.29 bits per heavy atom. The van der Waals surface area contributed by atoms with E-state index >= 15 is 0 Å². The number of rotatable bonds is 5. The second-order valence-electron chi connectivity index (χ2n) is 5.41. The van der Waals surface area contributed by atoms with Crippen LogP contribution in [0.5, 0.6) is 0 Å². The van der Waals surface area contributed by atoms with Crippen molar-refractivity contribution in [1.82, 2.24) is 5.32 Å². The van der Waals surface area contributed by atoms with Crippen LogP contribution in [0.2, 0.25) is 0 Å². The number of nitrogens with two attached hydrogens (primary N) is 1. The van der Waals surface area contributed by atoms with Gasteiger partial charge in [0.1, 0.15) is 0 Å². The Morgan fingerprint density at radius 2 is 1.90 bits per heavy atom. The summed E-state index contributed by atoms with van der Waals surface area (Å²) in [6.07, 6.45) is -3.78. The van der Waals surface area contributed by atoms with Crippen LogP contribution in [0, 0.1) is 5.92 Å². The van der Waals surface area contributed by atoms with Crippen LogP contribution in [-0.4, -0.2) is 11.9 Å². The fraction of sp³-hybridized carbons (Fsp3) is 0.500. The van der Waals surface area contributed by atoms with Crippen molar-refractivity contribution in [2.75, 3.05) is 5.43 Å². The van der Waals surface area contributed by atoms with Crippen molar-refractivity contribution in [2.24, 2.45) is 11.8 Å². The van der Waals surface area contributed by atoms with E-state index in [1.165, 1.54) is 0 Å². The predicted octanol–water partition coefficient (Wildman–Crippen LogP) is 3.16. The maximum absolute atomic E-state index is 12.7. The summed E-state index contributed by atoms with van der Waals surface area (Å²) < 4.78 is 38.2. The molecule has 0 saturated carbocycles. The maximum Gasteiger partial charge on any atom is 0.416 e. The first-order valence-electron chi connectivity index (χ1n) is 6.64. The van der Waals surface area contributed by atoms with Gasteiger partial charge in [-0.05, 0) is 37.5 Å². The van der Waals surface area contributed by atoms with Crippen molar-refractivity contribution in [1.29, 1.82) is 0 Å². The highest BCUT2D eigenvalue weighted by Crippen LogP contribution is 2.31. The van der Waals surface area contributed by atoms with E-state index < -0.39 is 17.6 Å². The number of amides is 1. The third-order valence-electron chi connectivity index (χ3n) is 2.95. The molecule has 1 atom stereocenters. The van der Waals surface area contributed by atoms with Gasteiger partial charge in [-0.3, -0.25) is 10.6 Å². The number of nitrogen functional groups attached to an aromatic ring is 1. The highest BCUT2D eigenvalue weighted by Gasteiger charge is 2.31. The summed E-state index contributed by atoms with van der Waals surface area (Å²) in [5.41, 5.74) is 1.38. The van der Waals surface area contributed by atoms with Gasteiger partial charge in [0.25, 0.3) is 5.91 Å². The number of alkyl halides is 3. The first-order chi connectivity index (χ1) is 9.65. The molecule has 1 rings (SSSR count). The van der Waals surface area contributed by atoms with Crippen LogP contribution >= 0.6 is 0 Å². The zero-order chi connectivity index (χ0) is 16.2. The van der Waals surface area contributed by atoms with Crippen LogP contribution in [0.1, 0.15) is 43.1 Å². The zero-order valence-electron chi connectivity index (χ0n) is 12.2. The quantitative estimate of drug-likeness (QED) is 0.578. The summed E-state index contributed by atoms with van der Waals surface area (Å²) in [4.78, 5) is 12.1. The lowest BCUT2D eigenvalue weighted by atomic mass is 10.0. The molecule has 1 unspecified atom stereocenters. The van der Waals surface area contributed by atoms with Gasteiger partial charge >= 0.3 is 6.18 Å². The molecular weight excluding hydrogens is 283 g/mol. The molecule has 0 aliphatic rings. The Kier molecular flexibility index (Phi) is 5.60. The summed E-state index contributed by atoms with van der Waals surface area (Å²) in [7, 11) is 0. The molecule has 0 aromatic heterocycles. The SMILES string of the molecule is CC(C)CC(C)NC(=O)c1cc(C(F)(F)F)ccc1NN. The lowest BCUT2D eigenvalue weighted by Gasteiger charge is -2.18. The summed E-state index contributed by atoms with van der Waals surface area (Å²) in [6, 6.07) is 2.68. The molecule has 0 bridgehead atoms.